The summed E-state index contributed by atoms with van der Waals surface area (Å²) in [5.41, 5.74) is -0.0819. The van der Waals surface area contributed by atoms with Crippen molar-refractivity contribution in [3.05, 3.63) is 63.7 Å². The van der Waals surface area contributed by atoms with Crippen molar-refractivity contribution in [2.75, 3.05) is 36.0 Å². The van der Waals surface area contributed by atoms with Crippen molar-refractivity contribution in [1.82, 2.24) is 4.90 Å². The smallest absolute Gasteiger partial charge is 0.363 e. The van der Waals surface area contributed by atoms with Crippen molar-refractivity contribution < 1.29 is 27.7 Å². The van der Waals surface area contributed by atoms with E-state index in [1.54, 1.807) is 17.0 Å². The standard InChI is InChI=1S/C22H21F3N4O4/c1-14-2-5-16(6-3-14)28-20(30)13-19(21(28)31)27-10-8-26(9-11-27)17-7-4-15(22(23,24)25)12-18(17)29(32)33/h2-7,12,19H,8-11,13H2,1H3. The van der Waals surface area contributed by atoms with Crippen LogP contribution in [0.4, 0.5) is 30.2 Å². The van der Waals surface area contributed by atoms with Gasteiger partial charge in [-0.15, -0.1) is 0 Å². The van der Waals surface area contributed by atoms with Crippen LogP contribution in [0.15, 0.2) is 42.5 Å². The van der Waals surface area contributed by atoms with Crippen LogP contribution in [0.25, 0.3) is 0 Å². The summed E-state index contributed by atoms with van der Waals surface area (Å²) in [6.07, 6.45) is -4.65. The lowest BCUT2D eigenvalue weighted by molar-refractivity contribution is -0.384. The molecule has 2 aromatic rings. The summed E-state index contributed by atoms with van der Waals surface area (Å²) in [5, 5.41) is 11.4. The van der Waals surface area contributed by atoms with Crippen molar-refractivity contribution in [3.8, 4) is 0 Å². The number of hydrogen-bond donors (Lipinski definition) is 0. The first-order chi connectivity index (χ1) is 15.6. The Labute approximate surface area is 187 Å². The number of imide groups is 1. The van der Waals surface area contributed by atoms with Gasteiger partial charge in [0.1, 0.15) is 5.69 Å². The molecule has 0 bridgehead atoms. The second-order valence-electron chi connectivity index (χ2n) is 8.10. The number of amides is 2. The van der Waals surface area contributed by atoms with Gasteiger partial charge >= 0.3 is 6.18 Å². The van der Waals surface area contributed by atoms with Crippen molar-refractivity contribution >= 4 is 28.9 Å². The van der Waals surface area contributed by atoms with E-state index in [4.69, 9.17) is 0 Å². The Hall–Kier alpha value is -3.47. The zero-order valence-corrected chi connectivity index (χ0v) is 17.7. The number of hydrogen-bond acceptors (Lipinski definition) is 6. The van der Waals surface area contributed by atoms with Crippen molar-refractivity contribution in [2.24, 2.45) is 0 Å². The molecule has 174 valence electrons. The molecule has 2 aliphatic heterocycles. The molecule has 0 aromatic heterocycles. The van der Waals surface area contributed by atoms with Crippen LogP contribution in [0.2, 0.25) is 0 Å². The van der Waals surface area contributed by atoms with Crippen molar-refractivity contribution in [3.63, 3.8) is 0 Å². The lowest BCUT2D eigenvalue weighted by atomic mass is 10.1. The van der Waals surface area contributed by atoms with Crippen molar-refractivity contribution in [2.45, 2.75) is 25.6 Å². The first-order valence-corrected chi connectivity index (χ1v) is 10.3. The number of piperazine rings is 1. The molecule has 33 heavy (non-hydrogen) atoms. The number of anilines is 2. The van der Waals surface area contributed by atoms with Crippen LogP contribution in [0, 0.1) is 17.0 Å². The monoisotopic (exact) mass is 462 g/mol. The van der Waals surface area contributed by atoms with E-state index in [-0.39, 0.29) is 37.0 Å². The Morgan fingerprint density at radius 2 is 1.64 bits per heavy atom. The van der Waals surface area contributed by atoms with Gasteiger partial charge in [-0.25, -0.2) is 4.90 Å². The largest absolute Gasteiger partial charge is 0.416 e. The molecule has 11 heteroatoms. The summed E-state index contributed by atoms with van der Waals surface area (Å²) >= 11 is 0. The van der Waals surface area contributed by atoms with Gasteiger partial charge in [-0.3, -0.25) is 24.6 Å². The van der Waals surface area contributed by atoms with Crippen LogP contribution in [-0.4, -0.2) is 53.9 Å². The van der Waals surface area contributed by atoms with Gasteiger partial charge in [0.05, 0.1) is 28.6 Å². The first-order valence-electron chi connectivity index (χ1n) is 10.3. The van der Waals surface area contributed by atoms with Gasteiger partial charge in [-0.1, -0.05) is 17.7 Å². The number of nitro groups is 1. The number of carbonyl (C=O) groups excluding carboxylic acids is 2. The first kappa shape index (κ1) is 22.7. The van der Waals surface area contributed by atoms with Crippen LogP contribution in [0.1, 0.15) is 17.5 Å². The lowest BCUT2D eigenvalue weighted by Gasteiger charge is -2.37. The second-order valence-corrected chi connectivity index (χ2v) is 8.10. The summed E-state index contributed by atoms with van der Waals surface area (Å²) in [7, 11) is 0. The van der Waals surface area contributed by atoms with Gasteiger partial charge in [0.15, 0.2) is 0 Å². The molecule has 0 saturated carbocycles. The molecular weight excluding hydrogens is 441 g/mol. The normalized spacial score (nSPS) is 19.9. The second kappa shape index (κ2) is 8.47. The summed E-state index contributed by atoms with van der Waals surface area (Å²) in [5.74, 6) is -0.618. The number of nitro benzene ring substituents is 1. The molecule has 0 N–H and O–H groups in total. The topological polar surface area (TPSA) is 87.0 Å². The quantitative estimate of drug-likeness (QED) is 0.393. The summed E-state index contributed by atoms with van der Waals surface area (Å²) < 4.78 is 38.9. The van der Waals surface area contributed by atoms with E-state index in [1.165, 1.54) is 4.90 Å². The number of nitrogens with zero attached hydrogens (tertiary/aromatic N) is 4. The molecule has 2 aliphatic rings. The SMILES string of the molecule is Cc1ccc(N2C(=O)CC(N3CCN(c4ccc(C(F)(F)F)cc4[N+](=O)[O-])CC3)C2=O)cc1. The minimum Gasteiger partial charge on any atom is -0.363 e. The van der Waals surface area contributed by atoms with Crippen LogP contribution in [-0.2, 0) is 15.8 Å². The molecule has 8 nitrogen and oxygen atoms in total. The highest BCUT2D eigenvalue weighted by Gasteiger charge is 2.43. The maximum atomic E-state index is 13.0. The van der Waals surface area contributed by atoms with Gasteiger partial charge in [0, 0.05) is 32.2 Å². The zero-order chi connectivity index (χ0) is 23.9. The van der Waals surface area contributed by atoms with E-state index in [2.05, 4.69) is 0 Å². The van der Waals surface area contributed by atoms with E-state index in [0.717, 1.165) is 17.7 Å². The Morgan fingerprint density at radius 1 is 1.00 bits per heavy atom. The van der Waals surface area contributed by atoms with Gasteiger partial charge in [-0.05, 0) is 31.2 Å². The van der Waals surface area contributed by atoms with Crippen molar-refractivity contribution in [1.29, 1.82) is 0 Å². The predicted molar refractivity (Wildman–Crippen MR) is 114 cm³/mol. The molecule has 1 atom stereocenters. The minimum atomic E-state index is -4.68. The van der Waals surface area contributed by atoms with Gasteiger partial charge < -0.3 is 4.90 Å². The number of carbonyl (C=O) groups is 2. The van der Waals surface area contributed by atoms with E-state index < -0.39 is 28.4 Å². The van der Waals surface area contributed by atoms with Crippen LogP contribution < -0.4 is 9.80 Å². The molecule has 2 saturated heterocycles. The molecule has 2 heterocycles. The number of aryl methyl sites for hydroxylation is 1. The van der Waals surface area contributed by atoms with Gasteiger partial charge in [-0.2, -0.15) is 13.2 Å². The summed E-state index contributed by atoms with van der Waals surface area (Å²) in [4.78, 5) is 40.8. The Kier molecular flexibility index (Phi) is 5.83. The molecular formula is C22H21F3N4O4. The molecule has 4 rings (SSSR count). The highest BCUT2D eigenvalue weighted by molar-refractivity contribution is 6.22. The average molecular weight is 462 g/mol. The molecule has 0 radical (unpaired) electrons. The maximum Gasteiger partial charge on any atom is 0.416 e. The third kappa shape index (κ3) is 4.40. The van der Waals surface area contributed by atoms with E-state index in [1.807, 2.05) is 24.0 Å². The minimum absolute atomic E-state index is 0.0349. The fraction of sp³-hybridized carbons (Fsp3) is 0.364. The molecule has 2 amide bonds. The number of benzene rings is 2. The lowest BCUT2D eigenvalue weighted by Crippen LogP contribution is -2.52. The van der Waals surface area contributed by atoms with Crippen LogP contribution in [0.3, 0.4) is 0 Å². The molecule has 2 fully saturated rings. The number of halogens is 3. The number of alkyl halides is 3. The third-order valence-electron chi connectivity index (χ3n) is 6.01. The van der Waals surface area contributed by atoms with Crippen LogP contribution >= 0.6 is 0 Å². The molecule has 2 aromatic carbocycles. The van der Waals surface area contributed by atoms with E-state index in [9.17, 15) is 32.9 Å². The molecule has 0 spiro atoms. The van der Waals surface area contributed by atoms with E-state index in [0.29, 0.717) is 24.8 Å². The molecule has 1 unspecified atom stereocenters. The van der Waals surface area contributed by atoms with Gasteiger partial charge in [0.25, 0.3) is 11.6 Å². The Balaban J connectivity index is 1.47. The number of rotatable bonds is 4. The fourth-order valence-corrected chi connectivity index (χ4v) is 4.25. The Bertz CT molecular complexity index is 1100. The Morgan fingerprint density at radius 3 is 2.21 bits per heavy atom. The maximum absolute atomic E-state index is 13.0. The van der Waals surface area contributed by atoms with Crippen LogP contribution in [0.5, 0.6) is 0 Å². The highest BCUT2D eigenvalue weighted by Crippen LogP contribution is 2.37. The average Bonchev–Trinajstić information content (AvgIpc) is 3.07. The fourth-order valence-electron chi connectivity index (χ4n) is 4.25. The van der Waals surface area contributed by atoms with E-state index >= 15 is 0 Å². The highest BCUT2D eigenvalue weighted by atomic mass is 19.4. The predicted octanol–water partition coefficient (Wildman–Crippen LogP) is 3.38. The zero-order valence-electron chi connectivity index (χ0n) is 17.7. The summed E-state index contributed by atoms with van der Waals surface area (Å²) in [6.45, 7) is 3.12. The third-order valence-corrected chi connectivity index (χ3v) is 6.01. The summed E-state index contributed by atoms with van der Waals surface area (Å²) in [6, 6.07) is 8.92. The van der Waals surface area contributed by atoms with Gasteiger partial charge in [0.2, 0.25) is 5.91 Å². The molecule has 0 aliphatic carbocycles.